The number of anilines is 1. The number of ether oxygens (including phenoxy) is 1. The van der Waals surface area contributed by atoms with E-state index < -0.39 is 16.1 Å². The molecule has 2 aromatic carbocycles. The fraction of sp³-hybridized carbons (Fsp3) is 0.238. The van der Waals surface area contributed by atoms with Gasteiger partial charge < -0.3 is 14.6 Å². The molecule has 0 radical (unpaired) electrons. The molecular weight excluding hydrogens is 404 g/mol. The van der Waals surface area contributed by atoms with Crippen molar-refractivity contribution in [3.63, 3.8) is 0 Å². The number of rotatable bonds is 6. The Bertz CT molecular complexity index is 1150. The van der Waals surface area contributed by atoms with Gasteiger partial charge in [0.25, 0.3) is 5.91 Å². The molecule has 2 heterocycles. The van der Waals surface area contributed by atoms with Crippen molar-refractivity contribution in [1.29, 1.82) is 0 Å². The summed E-state index contributed by atoms with van der Waals surface area (Å²) in [6, 6.07) is 14.5. The predicted molar refractivity (Wildman–Crippen MR) is 113 cm³/mol. The molecule has 0 aliphatic carbocycles. The molecule has 9 heteroatoms. The summed E-state index contributed by atoms with van der Waals surface area (Å²) in [5.74, 6) is -0.0606. The van der Waals surface area contributed by atoms with Gasteiger partial charge in [0.15, 0.2) is 6.10 Å². The topological polar surface area (TPSA) is 93.5 Å². The first-order chi connectivity index (χ1) is 14.5. The fourth-order valence-corrected chi connectivity index (χ4v) is 4.49. The minimum Gasteiger partial charge on any atom is -0.476 e. The number of fused-ring (bicyclic) bond motifs is 1. The van der Waals surface area contributed by atoms with Gasteiger partial charge in [-0.3, -0.25) is 9.10 Å². The second-order valence-electron chi connectivity index (χ2n) is 6.82. The van der Waals surface area contributed by atoms with Crippen molar-refractivity contribution in [1.82, 2.24) is 14.9 Å². The maximum Gasteiger partial charge on any atom is 0.263 e. The zero-order valence-corrected chi connectivity index (χ0v) is 17.2. The van der Waals surface area contributed by atoms with Crippen LogP contribution < -0.4 is 14.4 Å². The van der Waals surface area contributed by atoms with Gasteiger partial charge in [-0.15, -0.1) is 0 Å². The van der Waals surface area contributed by atoms with Crippen LogP contribution in [-0.4, -0.2) is 42.3 Å². The third kappa shape index (κ3) is 3.88. The first kappa shape index (κ1) is 20.0. The van der Waals surface area contributed by atoms with Crippen LogP contribution in [0.25, 0.3) is 5.69 Å². The average Bonchev–Trinajstić information content (AvgIpc) is 3.31. The normalized spacial score (nSPS) is 15.9. The molecule has 0 saturated carbocycles. The zero-order chi connectivity index (χ0) is 21.1. The second kappa shape index (κ2) is 8.19. The molecular formula is C21H22N4O4S. The number of carbonyl (C=O) groups excluding carboxylic acids is 1. The van der Waals surface area contributed by atoms with Crippen molar-refractivity contribution >= 4 is 21.6 Å². The summed E-state index contributed by atoms with van der Waals surface area (Å²) in [4.78, 5) is 16.9. The molecule has 0 saturated heterocycles. The van der Waals surface area contributed by atoms with Crippen molar-refractivity contribution in [2.45, 2.75) is 19.6 Å². The van der Waals surface area contributed by atoms with E-state index in [1.165, 1.54) is 4.31 Å². The number of amides is 1. The van der Waals surface area contributed by atoms with Gasteiger partial charge in [-0.1, -0.05) is 30.3 Å². The number of nitrogens with zero attached hydrogens (tertiary/aromatic N) is 3. The number of hydrogen-bond donors (Lipinski definition) is 1. The molecule has 1 amide bonds. The number of nitrogens with one attached hydrogen (secondary N) is 1. The monoisotopic (exact) mass is 426 g/mol. The van der Waals surface area contributed by atoms with Crippen LogP contribution in [0.1, 0.15) is 12.5 Å². The van der Waals surface area contributed by atoms with Crippen LogP contribution >= 0.6 is 0 Å². The number of imidazole rings is 1. The standard InChI is InChI=1S/C21H22N4O4S/c1-2-30(27,28)25-14-20(29-19-10-6-5-9-18(19)25)21(26)23-13-16-7-3-4-8-17(16)24-12-11-22-15-24/h3-12,15,20H,2,13-14H2,1H3,(H,23,26)/t20-/m1/s1. The van der Waals surface area contributed by atoms with Crippen LogP contribution in [-0.2, 0) is 21.4 Å². The molecule has 1 aliphatic heterocycles. The Hall–Kier alpha value is -3.33. The van der Waals surface area contributed by atoms with E-state index in [-0.39, 0.29) is 24.7 Å². The smallest absolute Gasteiger partial charge is 0.263 e. The Morgan fingerprint density at radius 2 is 1.90 bits per heavy atom. The Labute approximate surface area is 175 Å². The maximum absolute atomic E-state index is 12.9. The van der Waals surface area contributed by atoms with Gasteiger partial charge in [0.1, 0.15) is 5.75 Å². The first-order valence-electron chi connectivity index (χ1n) is 9.59. The first-order valence-corrected chi connectivity index (χ1v) is 11.2. The minimum absolute atomic E-state index is 0.0616. The molecule has 1 N–H and O–H groups in total. The Balaban J connectivity index is 1.53. The molecule has 1 aromatic heterocycles. The largest absolute Gasteiger partial charge is 0.476 e. The highest BCUT2D eigenvalue weighted by Crippen LogP contribution is 2.35. The van der Waals surface area contributed by atoms with E-state index in [2.05, 4.69) is 10.3 Å². The second-order valence-corrected chi connectivity index (χ2v) is 9.00. The van der Waals surface area contributed by atoms with Gasteiger partial charge >= 0.3 is 0 Å². The van der Waals surface area contributed by atoms with Crippen LogP contribution in [0, 0.1) is 0 Å². The summed E-state index contributed by atoms with van der Waals surface area (Å²) >= 11 is 0. The number of sulfonamides is 1. The molecule has 156 valence electrons. The minimum atomic E-state index is -3.54. The third-order valence-electron chi connectivity index (χ3n) is 4.96. The molecule has 0 spiro atoms. The highest BCUT2D eigenvalue weighted by Gasteiger charge is 2.35. The summed E-state index contributed by atoms with van der Waals surface area (Å²) < 4.78 is 34.1. The van der Waals surface area contributed by atoms with Crippen molar-refractivity contribution in [2.24, 2.45) is 0 Å². The third-order valence-corrected chi connectivity index (χ3v) is 6.70. The molecule has 1 aliphatic rings. The lowest BCUT2D eigenvalue weighted by atomic mass is 10.1. The van der Waals surface area contributed by atoms with E-state index in [1.807, 2.05) is 35.0 Å². The highest BCUT2D eigenvalue weighted by molar-refractivity contribution is 7.92. The summed E-state index contributed by atoms with van der Waals surface area (Å²) in [5.41, 5.74) is 2.26. The van der Waals surface area contributed by atoms with Crippen molar-refractivity contribution < 1.29 is 17.9 Å². The number of aromatic nitrogens is 2. The van der Waals surface area contributed by atoms with Crippen LogP contribution in [0.2, 0.25) is 0 Å². The van der Waals surface area contributed by atoms with E-state index in [9.17, 15) is 13.2 Å². The highest BCUT2D eigenvalue weighted by atomic mass is 32.2. The number of benzene rings is 2. The number of carbonyl (C=O) groups is 1. The lowest BCUT2D eigenvalue weighted by Gasteiger charge is -2.34. The molecule has 3 aromatic rings. The van der Waals surface area contributed by atoms with Crippen LogP contribution in [0.15, 0.2) is 67.3 Å². The van der Waals surface area contributed by atoms with Gasteiger partial charge in [0, 0.05) is 18.9 Å². The molecule has 0 bridgehead atoms. The van der Waals surface area contributed by atoms with E-state index in [0.29, 0.717) is 11.4 Å². The number of hydrogen-bond acceptors (Lipinski definition) is 5. The lowest BCUT2D eigenvalue weighted by Crippen LogP contribution is -2.50. The summed E-state index contributed by atoms with van der Waals surface area (Å²) in [5, 5.41) is 2.87. The van der Waals surface area contributed by atoms with Crippen LogP contribution in [0.3, 0.4) is 0 Å². The van der Waals surface area contributed by atoms with Gasteiger partial charge in [-0.25, -0.2) is 13.4 Å². The van der Waals surface area contributed by atoms with Crippen LogP contribution in [0.4, 0.5) is 5.69 Å². The van der Waals surface area contributed by atoms with E-state index in [1.54, 1.807) is 43.7 Å². The average molecular weight is 426 g/mol. The van der Waals surface area contributed by atoms with Crippen molar-refractivity contribution in [2.75, 3.05) is 16.6 Å². The maximum atomic E-state index is 12.9. The Morgan fingerprint density at radius 1 is 1.17 bits per heavy atom. The van der Waals surface area contributed by atoms with Gasteiger partial charge in [0.05, 0.1) is 30.0 Å². The molecule has 1 atom stereocenters. The molecule has 0 fully saturated rings. The van der Waals surface area contributed by atoms with Gasteiger partial charge in [0.2, 0.25) is 10.0 Å². The molecule has 0 unspecified atom stereocenters. The molecule has 4 rings (SSSR count). The summed E-state index contributed by atoms with van der Waals surface area (Å²) in [6.07, 6.45) is 4.26. The fourth-order valence-electron chi connectivity index (χ4n) is 3.37. The quantitative estimate of drug-likeness (QED) is 0.652. The SMILES string of the molecule is CCS(=O)(=O)N1C[C@H](C(=O)NCc2ccccc2-n2ccnc2)Oc2ccccc21. The van der Waals surface area contributed by atoms with Gasteiger partial charge in [-0.05, 0) is 30.7 Å². The van der Waals surface area contributed by atoms with Crippen molar-refractivity contribution in [3.8, 4) is 11.4 Å². The number of para-hydroxylation sites is 3. The molecule has 30 heavy (non-hydrogen) atoms. The predicted octanol–water partition coefficient (Wildman–Crippen LogP) is 2.11. The zero-order valence-electron chi connectivity index (χ0n) is 16.4. The van der Waals surface area contributed by atoms with E-state index >= 15 is 0 Å². The van der Waals surface area contributed by atoms with Gasteiger partial charge in [-0.2, -0.15) is 0 Å². The summed E-state index contributed by atoms with van der Waals surface area (Å²) in [6.45, 7) is 1.78. The lowest BCUT2D eigenvalue weighted by molar-refractivity contribution is -0.127. The Morgan fingerprint density at radius 3 is 2.63 bits per heavy atom. The van der Waals surface area contributed by atoms with Crippen LogP contribution in [0.5, 0.6) is 5.75 Å². The Kier molecular flexibility index (Phi) is 5.45. The molecule has 8 nitrogen and oxygen atoms in total. The summed E-state index contributed by atoms with van der Waals surface area (Å²) in [7, 11) is -3.54. The van der Waals surface area contributed by atoms with Crippen molar-refractivity contribution in [3.05, 3.63) is 72.8 Å². The van der Waals surface area contributed by atoms with E-state index in [0.717, 1.165) is 11.3 Å². The van der Waals surface area contributed by atoms with E-state index in [4.69, 9.17) is 4.74 Å².